The third-order valence-electron chi connectivity index (χ3n) is 4.07. The second-order valence-corrected chi connectivity index (χ2v) is 5.89. The highest BCUT2D eigenvalue weighted by Gasteiger charge is 2.09. The number of phenolic OH excluding ortho intramolecular Hbond substituents is 1. The van der Waals surface area contributed by atoms with Gasteiger partial charge in [-0.25, -0.2) is 9.59 Å². The number of hydrogen-bond donors (Lipinski definition) is 1. The molecule has 3 aromatic rings. The van der Waals surface area contributed by atoms with Crippen molar-refractivity contribution in [3.05, 3.63) is 89.5 Å². The standard InChI is InChI=1S/C22H18O5/c1-26-21(24)18-4-2-15(3-5-18)14-27-22(25)19-8-6-16(7-9-19)17-10-12-20(23)13-11-17/h2-13,23H,14H2,1H3. The molecule has 3 aromatic carbocycles. The van der Waals surface area contributed by atoms with Gasteiger partial charge in [0.1, 0.15) is 12.4 Å². The summed E-state index contributed by atoms with van der Waals surface area (Å²) in [7, 11) is 1.32. The zero-order chi connectivity index (χ0) is 19.2. The molecule has 0 aliphatic rings. The second-order valence-electron chi connectivity index (χ2n) is 5.89. The van der Waals surface area contributed by atoms with Gasteiger partial charge in [-0.3, -0.25) is 0 Å². The Balaban J connectivity index is 1.61. The third-order valence-corrected chi connectivity index (χ3v) is 4.07. The van der Waals surface area contributed by atoms with Crippen molar-refractivity contribution in [2.24, 2.45) is 0 Å². The predicted octanol–water partition coefficient (Wildman–Crippen LogP) is 4.20. The van der Waals surface area contributed by atoms with Crippen molar-refractivity contribution in [2.75, 3.05) is 7.11 Å². The van der Waals surface area contributed by atoms with Crippen LogP contribution in [0.2, 0.25) is 0 Å². The van der Waals surface area contributed by atoms with Crippen LogP contribution in [-0.2, 0) is 16.1 Å². The fourth-order valence-corrected chi connectivity index (χ4v) is 2.54. The van der Waals surface area contributed by atoms with Crippen LogP contribution in [0, 0.1) is 0 Å². The highest BCUT2D eigenvalue weighted by molar-refractivity contribution is 5.90. The Morgan fingerprint density at radius 1 is 0.741 bits per heavy atom. The molecule has 5 nitrogen and oxygen atoms in total. The lowest BCUT2D eigenvalue weighted by atomic mass is 10.0. The maximum Gasteiger partial charge on any atom is 0.338 e. The monoisotopic (exact) mass is 362 g/mol. The average molecular weight is 362 g/mol. The molecular weight excluding hydrogens is 344 g/mol. The van der Waals surface area contributed by atoms with Gasteiger partial charge < -0.3 is 14.6 Å². The van der Waals surface area contributed by atoms with E-state index in [1.165, 1.54) is 7.11 Å². The number of ether oxygens (including phenoxy) is 2. The number of benzene rings is 3. The molecule has 0 bridgehead atoms. The van der Waals surface area contributed by atoms with Crippen molar-refractivity contribution >= 4 is 11.9 Å². The first kappa shape index (κ1) is 18.2. The maximum absolute atomic E-state index is 12.2. The lowest BCUT2D eigenvalue weighted by molar-refractivity contribution is 0.0471. The quantitative estimate of drug-likeness (QED) is 0.689. The molecule has 0 saturated heterocycles. The molecule has 0 radical (unpaired) electrons. The molecule has 0 aromatic heterocycles. The lowest BCUT2D eigenvalue weighted by Gasteiger charge is -2.07. The van der Waals surface area contributed by atoms with Crippen LogP contribution in [0.15, 0.2) is 72.8 Å². The first-order chi connectivity index (χ1) is 13.1. The second kappa shape index (κ2) is 8.19. The highest BCUT2D eigenvalue weighted by atomic mass is 16.5. The Morgan fingerprint density at radius 3 is 1.78 bits per heavy atom. The van der Waals surface area contributed by atoms with Crippen LogP contribution >= 0.6 is 0 Å². The van der Waals surface area contributed by atoms with Crippen molar-refractivity contribution in [2.45, 2.75) is 6.61 Å². The Bertz CT molecular complexity index is 926. The van der Waals surface area contributed by atoms with Gasteiger partial charge in [0.25, 0.3) is 0 Å². The molecule has 3 rings (SSSR count). The van der Waals surface area contributed by atoms with Gasteiger partial charge in [-0.05, 0) is 53.1 Å². The molecule has 0 saturated carbocycles. The molecule has 0 atom stereocenters. The lowest BCUT2D eigenvalue weighted by Crippen LogP contribution is -2.06. The zero-order valence-electron chi connectivity index (χ0n) is 14.7. The minimum absolute atomic E-state index is 0.111. The van der Waals surface area contributed by atoms with Crippen LogP contribution < -0.4 is 0 Å². The largest absolute Gasteiger partial charge is 0.508 e. The Morgan fingerprint density at radius 2 is 1.22 bits per heavy atom. The molecule has 1 N–H and O–H groups in total. The number of aromatic hydroxyl groups is 1. The van der Waals surface area contributed by atoms with Gasteiger partial charge >= 0.3 is 11.9 Å². The number of rotatable bonds is 5. The minimum Gasteiger partial charge on any atom is -0.508 e. The van der Waals surface area contributed by atoms with E-state index < -0.39 is 11.9 Å². The van der Waals surface area contributed by atoms with E-state index in [4.69, 9.17) is 4.74 Å². The summed E-state index contributed by atoms with van der Waals surface area (Å²) in [6.07, 6.45) is 0. The van der Waals surface area contributed by atoms with Crippen LogP contribution in [0.3, 0.4) is 0 Å². The molecule has 0 fully saturated rings. The molecule has 0 heterocycles. The predicted molar refractivity (Wildman–Crippen MR) is 100 cm³/mol. The van der Waals surface area contributed by atoms with Gasteiger partial charge in [-0.1, -0.05) is 36.4 Å². The maximum atomic E-state index is 12.2. The van der Waals surface area contributed by atoms with Crippen molar-refractivity contribution in [1.29, 1.82) is 0 Å². The average Bonchev–Trinajstić information content (AvgIpc) is 2.72. The van der Waals surface area contributed by atoms with Gasteiger partial charge in [0.2, 0.25) is 0 Å². The van der Waals surface area contributed by atoms with Crippen molar-refractivity contribution in [3.63, 3.8) is 0 Å². The van der Waals surface area contributed by atoms with Gasteiger partial charge in [0.15, 0.2) is 0 Å². The van der Waals surface area contributed by atoms with E-state index in [9.17, 15) is 14.7 Å². The van der Waals surface area contributed by atoms with Crippen LogP contribution in [0.25, 0.3) is 11.1 Å². The number of carbonyl (C=O) groups is 2. The molecule has 0 amide bonds. The van der Waals surface area contributed by atoms with Crippen LogP contribution in [0.4, 0.5) is 0 Å². The summed E-state index contributed by atoms with van der Waals surface area (Å²) in [6.45, 7) is 0.111. The number of methoxy groups -OCH3 is 1. The first-order valence-electron chi connectivity index (χ1n) is 8.30. The Hall–Kier alpha value is -3.60. The summed E-state index contributed by atoms with van der Waals surface area (Å²) in [6, 6.07) is 20.6. The Kier molecular flexibility index (Phi) is 5.52. The summed E-state index contributed by atoms with van der Waals surface area (Å²) >= 11 is 0. The highest BCUT2D eigenvalue weighted by Crippen LogP contribution is 2.22. The van der Waals surface area contributed by atoms with E-state index in [1.807, 2.05) is 12.1 Å². The molecule has 5 heteroatoms. The summed E-state index contributed by atoms with van der Waals surface area (Å²) in [5.41, 5.74) is 3.54. The fourth-order valence-electron chi connectivity index (χ4n) is 2.54. The molecule has 136 valence electrons. The molecular formula is C22H18O5. The zero-order valence-corrected chi connectivity index (χ0v) is 14.7. The van der Waals surface area contributed by atoms with Crippen molar-refractivity contribution < 1.29 is 24.2 Å². The summed E-state index contributed by atoms with van der Waals surface area (Å²) in [5.74, 6) is -0.630. The Labute approximate surface area is 156 Å². The SMILES string of the molecule is COC(=O)c1ccc(COC(=O)c2ccc(-c3ccc(O)cc3)cc2)cc1. The van der Waals surface area contributed by atoms with Gasteiger partial charge in [0, 0.05) is 0 Å². The number of phenols is 1. The van der Waals surface area contributed by atoms with Crippen LogP contribution in [0.5, 0.6) is 5.75 Å². The first-order valence-corrected chi connectivity index (χ1v) is 8.30. The number of carbonyl (C=O) groups excluding carboxylic acids is 2. The smallest absolute Gasteiger partial charge is 0.338 e. The minimum atomic E-state index is -0.427. The molecule has 27 heavy (non-hydrogen) atoms. The molecule has 0 unspecified atom stereocenters. The van der Waals surface area contributed by atoms with E-state index >= 15 is 0 Å². The van der Waals surface area contributed by atoms with E-state index in [0.717, 1.165) is 16.7 Å². The van der Waals surface area contributed by atoms with E-state index in [1.54, 1.807) is 60.7 Å². The summed E-state index contributed by atoms with van der Waals surface area (Å²) < 4.78 is 9.96. The number of hydrogen-bond acceptors (Lipinski definition) is 5. The molecule has 0 aliphatic carbocycles. The van der Waals surface area contributed by atoms with Crippen LogP contribution in [-0.4, -0.2) is 24.2 Å². The van der Waals surface area contributed by atoms with Crippen LogP contribution in [0.1, 0.15) is 26.3 Å². The third kappa shape index (κ3) is 4.52. The fraction of sp³-hybridized carbons (Fsp3) is 0.0909. The normalized spacial score (nSPS) is 10.3. The van der Waals surface area contributed by atoms with Gasteiger partial charge in [-0.2, -0.15) is 0 Å². The van der Waals surface area contributed by atoms with Gasteiger partial charge in [0.05, 0.1) is 18.2 Å². The summed E-state index contributed by atoms with van der Waals surface area (Å²) in [4.78, 5) is 23.6. The van der Waals surface area contributed by atoms with Crippen molar-refractivity contribution in [1.82, 2.24) is 0 Å². The van der Waals surface area contributed by atoms with Crippen molar-refractivity contribution in [3.8, 4) is 16.9 Å². The van der Waals surface area contributed by atoms with Gasteiger partial charge in [-0.15, -0.1) is 0 Å². The number of esters is 2. The van der Waals surface area contributed by atoms with E-state index in [-0.39, 0.29) is 12.4 Å². The van der Waals surface area contributed by atoms with E-state index in [0.29, 0.717) is 11.1 Å². The van der Waals surface area contributed by atoms with E-state index in [2.05, 4.69) is 4.74 Å². The summed E-state index contributed by atoms with van der Waals surface area (Å²) in [5, 5.41) is 9.34. The molecule has 0 spiro atoms. The topological polar surface area (TPSA) is 72.8 Å². The molecule has 0 aliphatic heterocycles.